The van der Waals surface area contributed by atoms with Crippen LogP contribution in [0.1, 0.15) is 49.9 Å². The molecule has 1 aliphatic heterocycles. The van der Waals surface area contributed by atoms with Gasteiger partial charge in [-0.2, -0.15) is 0 Å². The van der Waals surface area contributed by atoms with Crippen LogP contribution in [-0.2, 0) is 4.79 Å². The molecule has 0 aromatic heterocycles. The lowest BCUT2D eigenvalue weighted by molar-refractivity contribution is -0.120. The van der Waals surface area contributed by atoms with E-state index in [0.717, 1.165) is 25.3 Å². The van der Waals surface area contributed by atoms with Crippen molar-refractivity contribution in [3.05, 3.63) is 29.8 Å². The molecule has 0 aliphatic carbocycles. The molecule has 0 unspecified atom stereocenters. The number of amides is 2. The Hall–Kier alpha value is -2.08. The smallest absolute Gasteiger partial charge is 0.251 e. The van der Waals surface area contributed by atoms with Gasteiger partial charge in [0.05, 0.1) is 13.2 Å². The van der Waals surface area contributed by atoms with Crippen molar-refractivity contribution in [1.82, 2.24) is 15.5 Å². The summed E-state index contributed by atoms with van der Waals surface area (Å²) in [5.74, 6) is 0.311. The fourth-order valence-electron chi connectivity index (χ4n) is 3.19. The fourth-order valence-corrected chi connectivity index (χ4v) is 3.19. The first kappa shape index (κ1) is 20.2. The van der Waals surface area contributed by atoms with Crippen LogP contribution in [0.15, 0.2) is 24.3 Å². The largest absolute Gasteiger partial charge is 0.494 e. The van der Waals surface area contributed by atoms with E-state index in [9.17, 15) is 9.59 Å². The van der Waals surface area contributed by atoms with Gasteiger partial charge in [0.2, 0.25) is 5.91 Å². The molecule has 6 nitrogen and oxygen atoms in total. The molecule has 1 heterocycles. The molecule has 2 amide bonds. The summed E-state index contributed by atoms with van der Waals surface area (Å²) < 4.78 is 5.34. The van der Waals surface area contributed by atoms with Crippen LogP contribution < -0.4 is 15.4 Å². The van der Waals surface area contributed by atoms with Crippen LogP contribution >= 0.6 is 0 Å². The van der Waals surface area contributed by atoms with Gasteiger partial charge in [0.25, 0.3) is 5.91 Å². The summed E-state index contributed by atoms with van der Waals surface area (Å²) in [7, 11) is 0. The second kappa shape index (κ2) is 10.8. The van der Waals surface area contributed by atoms with E-state index in [2.05, 4.69) is 22.5 Å². The Labute approximate surface area is 156 Å². The average molecular weight is 361 g/mol. The molecule has 0 spiro atoms. The monoisotopic (exact) mass is 361 g/mol. The molecule has 1 aromatic carbocycles. The molecule has 6 heteroatoms. The molecule has 0 bridgehead atoms. The van der Waals surface area contributed by atoms with E-state index in [1.807, 2.05) is 6.92 Å². The molecule has 144 valence electrons. The van der Waals surface area contributed by atoms with Gasteiger partial charge in [0.15, 0.2) is 0 Å². The van der Waals surface area contributed by atoms with Gasteiger partial charge in [0, 0.05) is 24.7 Å². The SMILES string of the molecule is CCOc1ccc(C(=O)NCC(=O)NCCCN2CCCC[C@@H]2C)cc1. The number of hydrogen-bond acceptors (Lipinski definition) is 4. The van der Waals surface area contributed by atoms with Gasteiger partial charge in [-0.15, -0.1) is 0 Å². The van der Waals surface area contributed by atoms with Crippen LogP contribution in [0.2, 0.25) is 0 Å². The molecule has 2 N–H and O–H groups in total. The van der Waals surface area contributed by atoms with Crippen LogP contribution in [0.3, 0.4) is 0 Å². The highest BCUT2D eigenvalue weighted by atomic mass is 16.5. The van der Waals surface area contributed by atoms with E-state index in [4.69, 9.17) is 4.74 Å². The molecule has 0 saturated carbocycles. The number of likely N-dealkylation sites (tertiary alicyclic amines) is 1. The van der Waals surface area contributed by atoms with E-state index in [-0.39, 0.29) is 18.4 Å². The first-order valence-electron chi connectivity index (χ1n) is 9.62. The van der Waals surface area contributed by atoms with Crippen molar-refractivity contribution in [2.75, 3.05) is 32.8 Å². The molecule has 1 aromatic rings. The molecule has 0 radical (unpaired) electrons. The molecule has 1 fully saturated rings. The Morgan fingerprint density at radius 2 is 1.96 bits per heavy atom. The Kier molecular flexibility index (Phi) is 8.41. The van der Waals surface area contributed by atoms with E-state index in [1.165, 1.54) is 19.3 Å². The maximum absolute atomic E-state index is 12.1. The average Bonchev–Trinajstić information content (AvgIpc) is 2.65. The number of benzene rings is 1. The lowest BCUT2D eigenvalue weighted by atomic mass is 10.0. The molecule has 1 atom stereocenters. The predicted molar refractivity (Wildman–Crippen MR) is 102 cm³/mol. The van der Waals surface area contributed by atoms with Crippen molar-refractivity contribution in [2.24, 2.45) is 0 Å². The minimum Gasteiger partial charge on any atom is -0.494 e. The first-order chi connectivity index (χ1) is 12.6. The summed E-state index contributed by atoms with van der Waals surface area (Å²) in [6.07, 6.45) is 4.80. The summed E-state index contributed by atoms with van der Waals surface area (Å²) in [6.45, 7) is 7.57. The van der Waals surface area contributed by atoms with Crippen molar-refractivity contribution in [3.63, 3.8) is 0 Å². The van der Waals surface area contributed by atoms with Gasteiger partial charge in [-0.05, 0) is 63.9 Å². The van der Waals surface area contributed by atoms with E-state index >= 15 is 0 Å². The van der Waals surface area contributed by atoms with Gasteiger partial charge in [-0.25, -0.2) is 0 Å². The van der Waals surface area contributed by atoms with Crippen molar-refractivity contribution in [3.8, 4) is 5.75 Å². The normalized spacial score (nSPS) is 17.5. The van der Waals surface area contributed by atoms with Gasteiger partial charge in [-0.1, -0.05) is 6.42 Å². The second-order valence-electron chi connectivity index (χ2n) is 6.72. The predicted octanol–water partition coefficient (Wildman–Crippen LogP) is 2.20. The summed E-state index contributed by atoms with van der Waals surface area (Å²) in [6, 6.07) is 7.53. The summed E-state index contributed by atoms with van der Waals surface area (Å²) in [4.78, 5) is 26.4. The first-order valence-corrected chi connectivity index (χ1v) is 9.62. The lowest BCUT2D eigenvalue weighted by Crippen LogP contribution is -2.40. The third kappa shape index (κ3) is 6.67. The highest BCUT2D eigenvalue weighted by molar-refractivity contribution is 5.96. The molecule has 1 aliphatic rings. The number of hydrogen-bond donors (Lipinski definition) is 2. The highest BCUT2D eigenvalue weighted by Crippen LogP contribution is 2.16. The topological polar surface area (TPSA) is 70.7 Å². The maximum Gasteiger partial charge on any atom is 0.251 e. The fraction of sp³-hybridized carbons (Fsp3) is 0.600. The second-order valence-corrected chi connectivity index (χ2v) is 6.72. The van der Waals surface area contributed by atoms with Crippen LogP contribution in [0.5, 0.6) is 5.75 Å². The van der Waals surface area contributed by atoms with E-state index in [1.54, 1.807) is 24.3 Å². The van der Waals surface area contributed by atoms with Crippen LogP contribution in [-0.4, -0.2) is 55.5 Å². The highest BCUT2D eigenvalue weighted by Gasteiger charge is 2.17. The molecule has 26 heavy (non-hydrogen) atoms. The number of nitrogens with one attached hydrogen (secondary N) is 2. The molecule has 2 rings (SSSR count). The summed E-state index contributed by atoms with van der Waals surface area (Å²) in [5.41, 5.74) is 0.514. The number of carbonyl (C=O) groups excluding carboxylic acids is 2. The van der Waals surface area contributed by atoms with Crippen molar-refractivity contribution in [2.45, 2.75) is 45.6 Å². The molecular weight excluding hydrogens is 330 g/mol. The zero-order chi connectivity index (χ0) is 18.8. The Morgan fingerprint density at radius 1 is 1.19 bits per heavy atom. The third-order valence-electron chi connectivity index (χ3n) is 4.72. The minimum atomic E-state index is -0.259. The molecule has 1 saturated heterocycles. The number of ether oxygens (including phenoxy) is 1. The van der Waals surface area contributed by atoms with Gasteiger partial charge >= 0.3 is 0 Å². The number of carbonyl (C=O) groups is 2. The number of rotatable bonds is 9. The Balaban J connectivity index is 1.61. The number of nitrogens with zero attached hydrogens (tertiary/aromatic N) is 1. The third-order valence-corrected chi connectivity index (χ3v) is 4.72. The summed E-state index contributed by atoms with van der Waals surface area (Å²) >= 11 is 0. The lowest BCUT2D eigenvalue weighted by Gasteiger charge is -2.33. The quantitative estimate of drug-likeness (QED) is 0.662. The van der Waals surface area contributed by atoms with Crippen LogP contribution in [0, 0.1) is 0 Å². The standard InChI is InChI=1S/C20H31N3O3/c1-3-26-18-10-8-17(9-11-18)20(25)22-15-19(24)21-12-6-14-23-13-5-4-7-16(23)2/h8-11,16H,3-7,12-15H2,1-2H3,(H,21,24)(H,22,25)/t16-/m0/s1. The van der Waals surface area contributed by atoms with Crippen LogP contribution in [0.4, 0.5) is 0 Å². The van der Waals surface area contributed by atoms with E-state index < -0.39 is 0 Å². The zero-order valence-electron chi connectivity index (χ0n) is 15.9. The summed E-state index contributed by atoms with van der Waals surface area (Å²) in [5, 5.41) is 5.51. The van der Waals surface area contributed by atoms with Gasteiger partial charge in [-0.3, -0.25) is 9.59 Å². The number of piperidine rings is 1. The Bertz CT molecular complexity index is 574. The van der Waals surface area contributed by atoms with Crippen molar-refractivity contribution < 1.29 is 14.3 Å². The van der Waals surface area contributed by atoms with Crippen molar-refractivity contribution in [1.29, 1.82) is 0 Å². The van der Waals surface area contributed by atoms with E-state index in [0.29, 0.717) is 24.8 Å². The maximum atomic E-state index is 12.1. The van der Waals surface area contributed by atoms with Gasteiger partial charge < -0.3 is 20.3 Å². The van der Waals surface area contributed by atoms with Crippen LogP contribution in [0.25, 0.3) is 0 Å². The Morgan fingerprint density at radius 3 is 2.65 bits per heavy atom. The van der Waals surface area contributed by atoms with Gasteiger partial charge in [0.1, 0.15) is 5.75 Å². The molecular formula is C20H31N3O3. The zero-order valence-corrected chi connectivity index (χ0v) is 15.9. The van der Waals surface area contributed by atoms with Crippen molar-refractivity contribution >= 4 is 11.8 Å². The minimum absolute atomic E-state index is 0.00778.